The molecular formula is C27H26F5N5O2S. The third kappa shape index (κ3) is 6.20. The first-order valence-electron chi connectivity index (χ1n) is 12.1. The van der Waals surface area contributed by atoms with Gasteiger partial charge in [0.2, 0.25) is 10.8 Å². The van der Waals surface area contributed by atoms with Crippen molar-refractivity contribution in [1.29, 1.82) is 0 Å². The zero-order valence-corrected chi connectivity index (χ0v) is 22.8. The Morgan fingerprint density at radius 1 is 1.02 bits per heavy atom. The fraction of sp³-hybridized carbons (Fsp3) is 0.296. The number of alkyl halides is 5. The number of ether oxygens (including phenoxy) is 1. The molecule has 4 aromatic rings. The van der Waals surface area contributed by atoms with Crippen LogP contribution in [0.3, 0.4) is 0 Å². The lowest BCUT2D eigenvalue weighted by atomic mass is 9.93. The Morgan fingerprint density at radius 2 is 1.70 bits per heavy atom. The Kier molecular flexibility index (Phi) is 8.36. The van der Waals surface area contributed by atoms with Gasteiger partial charge in [0.05, 0.1) is 11.9 Å². The van der Waals surface area contributed by atoms with E-state index in [1.54, 1.807) is 44.3 Å². The Morgan fingerprint density at radius 3 is 2.33 bits per heavy atom. The van der Waals surface area contributed by atoms with Crippen LogP contribution in [0.15, 0.2) is 65.8 Å². The number of anilines is 1. The first kappa shape index (κ1) is 29.3. The minimum absolute atomic E-state index is 0.0150. The lowest BCUT2D eigenvalue weighted by Crippen LogP contribution is -2.35. The molecule has 0 radical (unpaired) electrons. The Bertz CT molecular complexity index is 1490. The highest BCUT2D eigenvalue weighted by Gasteiger charge is 2.62. The monoisotopic (exact) mass is 579 g/mol. The number of hydrogen-bond acceptors (Lipinski definition) is 6. The number of halogens is 5. The van der Waals surface area contributed by atoms with Gasteiger partial charge in [-0.15, -0.1) is 0 Å². The minimum atomic E-state index is -5.99. The second kappa shape index (κ2) is 11.4. The van der Waals surface area contributed by atoms with Gasteiger partial charge in [-0.2, -0.15) is 36.8 Å². The molecule has 0 aliphatic rings. The van der Waals surface area contributed by atoms with Crippen molar-refractivity contribution < 1.29 is 31.2 Å². The van der Waals surface area contributed by atoms with Crippen LogP contribution >= 0.6 is 0 Å². The fourth-order valence-corrected chi connectivity index (χ4v) is 4.73. The van der Waals surface area contributed by atoms with E-state index in [9.17, 15) is 17.7 Å². The zero-order chi connectivity index (χ0) is 29.2. The summed E-state index contributed by atoms with van der Waals surface area (Å²) in [5, 5.41) is 3.93. The highest BCUT2D eigenvalue weighted by atomic mass is 32.2. The van der Waals surface area contributed by atoms with E-state index >= 15 is 8.78 Å². The summed E-state index contributed by atoms with van der Waals surface area (Å²) < 4.78 is 95.0. The molecule has 13 heteroatoms. The molecule has 0 bridgehead atoms. The molecule has 4 rings (SSSR count). The van der Waals surface area contributed by atoms with E-state index < -0.39 is 46.5 Å². The van der Waals surface area contributed by atoms with Crippen molar-refractivity contribution in [1.82, 2.24) is 19.7 Å². The molecule has 1 atom stereocenters. The van der Waals surface area contributed by atoms with Crippen LogP contribution in [0.1, 0.15) is 30.5 Å². The van der Waals surface area contributed by atoms with Crippen LogP contribution in [0, 0.1) is 12.8 Å². The molecule has 2 aromatic carbocycles. The van der Waals surface area contributed by atoms with E-state index in [0.717, 1.165) is 0 Å². The predicted octanol–water partition coefficient (Wildman–Crippen LogP) is 6.97. The van der Waals surface area contributed by atoms with Crippen LogP contribution in [0.4, 0.5) is 27.9 Å². The molecule has 1 unspecified atom stereocenters. The standard InChI is InChI=1S/C27H26F5N5O2S/c1-16(2)13-18-10-6-7-11-20(18)23-22(26(28,29)27(30,31)32)24(39-21-12-8-5-9-17(21)3)35-25(34-23)36-40(38)19-14-33-37(4)15-19/h5-12,14-16H,13H2,1-4H3,(H,34,35,36). The van der Waals surface area contributed by atoms with Crippen molar-refractivity contribution in [3.8, 4) is 22.9 Å². The average Bonchev–Trinajstić information content (AvgIpc) is 3.31. The maximum Gasteiger partial charge on any atom is 0.458 e. The van der Waals surface area contributed by atoms with E-state index in [1.165, 1.54) is 35.3 Å². The maximum absolute atomic E-state index is 15.4. The Balaban J connectivity index is 2.00. The third-order valence-corrected chi connectivity index (χ3v) is 6.83. The largest absolute Gasteiger partial charge is 0.588 e. The van der Waals surface area contributed by atoms with Gasteiger partial charge in [-0.05, 0) is 36.5 Å². The van der Waals surface area contributed by atoms with E-state index in [2.05, 4.69) is 19.8 Å². The van der Waals surface area contributed by atoms with Crippen LogP contribution in [0.5, 0.6) is 11.6 Å². The normalized spacial score (nSPS) is 13.0. The summed E-state index contributed by atoms with van der Waals surface area (Å²) in [6.45, 7) is 5.38. The predicted molar refractivity (Wildman–Crippen MR) is 140 cm³/mol. The quantitative estimate of drug-likeness (QED) is 0.170. The van der Waals surface area contributed by atoms with E-state index in [4.69, 9.17) is 4.74 Å². The van der Waals surface area contributed by atoms with Crippen LogP contribution in [-0.2, 0) is 30.8 Å². The van der Waals surface area contributed by atoms with Crippen molar-refractivity contribution in [2.75, 3.05) is 4.72 Å². The minimum Gasteiger partial charge on any atom is -0.588 e. The summed E-state index contributed by atoms with van der Waals surface area (Å²) >= 11 is -2.02. The van der Waals surface area contributed by atoms with Gasteiger partial charge in [-0.3, -0.25) is 4.68 Å². The number of benzene rings is 2. The van der Waals surface area contributed by atoms with Crippen LogP contribution < -0.4 is 9.46 Å². The van der Waals surface area contributed by atoms with Crippen molar-refractivity contribution in [3.63, 3.8) is 0 Å². The third-order valence-electron chi connectivity index (χ3n) is 5.83. The Labute approximate surface area is 230 Å². The molecule has 0 saturated heterocycles. The van der Waals surface area contributed by atoms with Crippen LogP contribution in [-0.4, -0.2) is 30.5 Å². The van der Waals surface area contributed by atoms with Gasteiger partial charge in [0.25, 0.3) is 5.95 Å². The van der Waals surface area contributed by atoms with Crippen LogP contribution in [0.25, 0.3) is 11.3 Å². The summed E-state index contributed by atoms with van der Waals surface area (Å²) in [5.41, 5.74) is -1.23. The van der Waals surface area contributed by atoms with Gasteiger partial charge in [0.15, 0.2) is 0 Å². The fourth-order valence-electron chi connectivity index (χ4n) is 3.96. The molecule has 0 fully saturated rings. The summed E-state index contributed by atoms with van der Waals surface area (Å²) in [6, 6.07) is 12.4. The van der Waals surface area contributed by atoms with Gasteiger partial charge in [-0.1, -0.05) is 56.3 Å². The van der Waals surface area contributed by atoms with Crippen molar-refractivity contribution in [2.24, 2.45) is 13.0 Å². The summed E-state index contributed by atoms with van der Waals surface area (Å²) in [7, 11) is 1.60. The number of nitrogens with one attached hydrogen (secondary N) is 1. The van der Waals surface area contributed by atoms with Crippen molar-refractivity contribution in [3.05, 3.63) is 77.6 Å². The summed E-state index contributed by atoms with van der Waals surface area (Å²) in [5.74, 6) is -6.82. The first-order chi connectivity index (χ1) is 18.8. The summed E-state index contributed by atoms with van der Waals surface area (Å²) in [4.78, 5) is 8.19. The van der Waals surface area contributed by atoms with Gasteiger partial charge in [-0.25, -0.2) is 4.98 Å². The lowest BCUT2D eigenvalue weighted by molar-refractivity contribution is -0.289. The molecular weight excluding hydrogens is 553 g/mol. The molecule has 2 aromatic heterocycles. The van der Waals surface area contributed by atoms with Gasteiger partial charge < -0.3 is 9.29 Å². The molecule has 0 spiro atoms. The van der Waals surface area contributed by atoms with E-state index in [1.807, 2.05) is 13.8 Å². The molecule has 1 N–H and O–H groups in total. The first-order valence-corrected chi connectivity index (χ1v) is 13.3. The molecule has 212 valence electrons. The molecule has 0 amide bonds. The summed E-state index contributed by atoms with van der Waals surface area (Å²) in [6.07, 6.45) is -2.87. The average molecular weight is 580 g/mol. The number of nitrogens with zero attached hydrogens (tertiary/aromatic N) is 4. The molecule has 0 saturated carbocycles. The van der Waals surface area contributed by atoms with Gasteiger partial charge >= 0.3 is 12.1 Å². The van der Waals surface area contributed by atoms with Gasteiger partial charge in [0.1, 0.15) is 28.9 Å². The molecule has 2 heterocycles. The zero-order valence-electron chi connectivity index (χ0n) is 22.0. The van der Waals surface area contributed by atoms with Crippen LogP contribution in [0.2, 0.25) is 0 Å². The van der Waals surface area contributed by atoms with Gasteiger partial charge in [0, 0.05) is 12.6 Å². The molecule has 0 aliphatic heterocycles. The highest BCUT2D eigenvalue weighted by Crippen LogP contribution is 2.51. The number of hydrogen-bond donors (Lipinski definition) is 1. The smallest absolute Gasteiger partial charge is 0.458 e. The van der Waals surface area contributed by atoms with E-state index in [-0.39, 0.29) is 22.1 Å². The van der Waals surface area contributed by atoms with E-state index in [0.29, 0.717) is 17.5 Å². The second-order valence-electron chi connectivity index (χ2n) is 9.49. The highest BCUT2D eigenvalue weighted by molar-refractivity contribution is 7.92. The van der Waals surface area contributed by atoms with Crippen molar-refractivity contribution in [2.45, 2.75) is 44.2 Å². The maximum atomic E-state index is 15.4. The lowest BCUT2D eigenvalue weighted by Gasteiger charge is -2.25. The number of aromatic nitrogens is 4. The SMILES string of the molecule is Cc1ccccc1Oc1nc(N[S+]([O-])c2cnn(C)c2)nc(-c2ccccc2CC(C)C)c1C(F)(F)C(F)(F)F. The second-order valence-corrected chi connectivity index (χ2v) is 10.7. The topological polar surface area (TPSA) is 87.9 Å². The van der Waals surface area contributed by atoms with Crippen molar-refractivity contribution >= 4 is 17.3 Å². The Hall–Kier alpha value is -3.71. The number of aryl methyl sites for hydroxylation is 2. The molecule has 0 aliphatic carbocycles. The number of rotatable bonds is 9. The molecule has 7 nitrogen and oxygen atoms in total. The molecule has 40 heavy (non-hydrogen) atoms. The number of para-hydroxylation sites is 1.